The summed E-state index contributed by atoms with van der Waals surface area (Å²) >= 11 is 0. The molecule has 2 aromatic heterocycles. The number of aryl methyl sites for hydroxylation is 1. The third-order valence-corrected chi connectivity index (χ3v) is 6.02. The summed E-state index contributed by atoms with van der Waals surface area (Å²) in [4.78, 5) is 26.0. The molecule has 4 aromatic rings. The van der Waals surface area contributed by atoms with Crippen molar-refractivity contribution in [1.29, 1.82) is 0 Å². The van der Waals surface area contributed by atoms with Crippen LogP contribution < -0.4 is 19.9 Å². The van der Waals surface area contributed by atoms with Crippen LogP contribution in [0.5, 0.6) is 11.5 Å². The van der Waals surface area contributed by atoms with Gasteiger partial charge in [0.25, 0.3) is 0 Å². The van der Waals surface area contributed by atoms with Gasteiger partial charge in [0, 0.05) is 23.9 Å². The fourth-order valence-corrected chi connectivity index (χ4v) is 4.27. The fraction of sp³-hybridized carbons (Fsp3) is 0.240. The molecule has 1 amide bonds. The van der Waals surface area contributed by atoms with Crippen molar-refractivity contribution in [3.05, 3.63) is 72.4 Å². The van der Waals surface area contributed by atoms with Gasteiger partial charge in [-0.05, 0) is 61.7 Å². The molecule has 3 heterocycles. The minimum atomic E-state index is -0.316. The molecule has 1 saturated heterocycles. The second-order valence-electron chi connectivity index (χ2n) is 8.28. The number of benzene rings is 2. The Balaban J connectivity index is 1.21. The number of aromatic amines is 2. The van der Waals surface area contributed by atoms with Crippen molar-refractivity contribution in [3.8, 4) is 11.5 Å². The Morgan fingerprint density at radius 3 is 2.76 bits per heavy atom. The van der Waals surface area contributed by atoms with Crippen LogP contribution in [0.1, 0.15) is 18.4 Å². The third-order valence-electron chi connectivity index (χ3n) is 6.02. The van der Waals surface area contributed by atoms with Crippen molar-refractivity contribution in [2.45, 2.75) is 19.8 Å². The number of aromatic nitrogens is 3. The minimum Gasteiger partial charge on any atom is -0.457 e. The maximum absolute atomic E-state index is 13.1. The first-order valence-electron chi connectivity index (χ1n) is 11.0. The lowest BCUT2D eigenvalue weighted by Gasteiger charge is -2.28. The van der Waals surface area contributed by atoms with Gasteiger partial charge >= 0.3 is 0 Å². The molecule has 0 unspecified atom stereocenters. The van der Waals surface area contributed by atoms with Gasteiger partial charge in [0.15, 0.2) is 0 Å². The zero-order valence-corrected chi connectivity index (χ0v) is 18.3. The number of halogens is 1. The van der Waals surface area contributed by atoms with Crippen molar-refractivity contribution in [1.82, 2.24) is 9.97 Å². The van der Waals surface area contributed by atoms with Gasteiger partial charge in [-0.15, -0.1) is 0 Å². The fourth-order valence-electron chi connectivity index (χ4n) is 4.27. The average molecular weight is 447 g/mol. The SMILES string of the molecule is Cc1c[nH]c2nc[nH+]c(N3CCC(C(=O)Nc4cccc(Oc5ccc(F)cc5)c4)CC3)c12. The van der Waals surface area contributed by atoms with E-state index in [4.69, 9.17) is 4.74 Å². The van der Waals surface area contributed by atoms with E-state index in [1.54, 1.807) is 30.6 Å². The van der Waals surface area contributed by atoms with E-state index in [-0.39, 0.29) is 17.6 Å². The molecule has 0 spiro atoms. The molecule has 2 aromatic carbocycles. The topological polar surface area (TPSA) is 84.4 Å². The van der Waals surface area contributed by atoms with E-state index in [1.165, 1.54) is 12.1 Å². The first-order valence-corrected chi connectivity index (χ1v) is 11.0. The number of nitrogens with zero attached hydrogens (tertiary/aromatic N) is 2. The van der Waals surface area contributed by atoms with Crippen LogP contribution in [-0.2, 0) is 4.79 Å². The average Bonchev–Trinajstić information content (AvgIpc) is 3.22. The van der Waals surface area contributed by atoms with E-state index in [1.807, 2.05) is 18.3 Å². The lowest BCUT2D eigenvalue weighted by Crippen LogP contribution is -2.40. The number of ether oxygens (including phenoxy) is 1. The van der Waals surface area contributed by atoms with Crippen LogP contribution in [0.25, 0.3) is 11.0 Å². The first-order chi connectivity index (χ1) is 16.1. The minimum absolute atomic E-state index is 0.00950. The Labute approximate surface area is 190 Å². The lowest BCUT2D eigenvalue weighted by atomic mass is 9.95. The highest BCUT2D eigenvalue weighted by Crippen LogP contribution is 2.29. The molecule has 0 aliphatic carbocycles. The van der Waals surface area contributed by atoms with E-state index >= 15 is 0 Å². The molecule has 3 N–H and O–H groups in total. The van der Waals surface area contributed by atoms with Crippen molar-refractivity contribution in [2.24, 2.45) is 5.92 Å². The molecule has 1 aliphatic heterocycles. The summed E-state index contributed by atoms with van der Waals surface area (Å²) in [7, 11) is 0. The van der Waals surface area contributed by atoms with E-state index in [0.717, 1.165) is 48.3 Å². The maximum atomic E-state index is 13.1. The molecule has 33 heavy (non-hydrogen) atoms. The number of amides is 1. The molecule has 1 fully saturated rings. The molecule has 0 atom stereocenters. The van der Waals surface area contributed by atoms with Crippen LogP contribution >= 0.6 is 0 Å². The van der Waals surface area contributed by atoms with Crippen LogP contribution in [0.3, 0.4) is 0 Å². The van der Waals surface area contributed by atoms with E-state index in [2.05, 4.69) is 32.1 Å². The van der Waals surface area contributed by atoms with Crippen molar-refractivity contribution < 1.29 is 18.9 Å². The molecule has 1 aliphatic rings. The zero-order chi connectivity index (χ0) is 22.8. The van der Waals surface area contributed by atoms with Gasteiger partial charge in [0.1, 0.15) is 22.7 Å². The number of piperidine rings is 1. The van der Waals surface area contributed by atoms with Crippen molar-refractivity contribution in [3.63, 3.8) is 0 Å². The molecule has 0 saturated carbocycles. The van der Waals surface area contributed by atoms with Crippen LogP contribution in [0.15, 0.2) is 61.1 Å². The molecular formula is C25H25FN5O2+. The quantitative estimate of drug-likeness (QED) is 0.474. The van der Waals surface area contributed by atoms with Gasteiger partial charge in [-0.3, -0.25) is 9.69 Å². The Bertz CT molecular complexity index is 1280. The molecule has 8 heteroatoms. The number of carbonyl (C=O) groups is 1. The highest BCUT2D eigenvalue weighted by Gasteiger charge is 2.30. The molecule has 7 nitrogen and oxygen atoms in total. The van der Waals surface area contributed by atoms with Gasteiger partial charge in [-0.2, -0.15) is 0 Å². The van der Waals surface area contributed by atoms with Gasteiger partial charge in [0.2, 0.25) is 23.7 Å². The highest BCUT2D eigenvalue weighted by molar-refractivity contribution is 5.93. The van der Waals surface area contributed by atoms with Crippen LogP contribution in [0.4, 0.5) is 15.9 Å². The number of carbonyl (C=O) groups excluding carboxylic acids is 1. The zero-order valence-electron chi connectivity index (χ0n) is 18.3. The number of hydrogen-bond donors (Lipinski definition) is 2. The van der Waals surface area contributed by atoms with Gasteiger partial charge < -0.3 is 15.0 Å². The van der Waals surface area contributed by atoms with Crippen LogP contribution in [0.2, 0.25) is 0 Å². The van der Waals surface area contributed by atoms with Gasteiger partial charge in [-0.1, -0.05) is 11.1 Å². The van der Waals surface area contributed by atoms with Crippen LogP contribution in [-0.4, -0.2) is 29.0 Å². The molecule has 168 valence electrons. The predicted octanol–water partition coefficient (Wildman–Crippen LogP) is 4.47. The Morgan fingerprint density at radius 1 is 1.18 bits per heavy atom. The van der Waals surface area contributed by atoms with Gasteiger partial charge in [-0.25, -0.2) is 9.37 Å². The van der Waals surface area contributed by atoms with E-state index < -0.39 is 0 Å². The summed E-state index contributed by atoms with van der Waals surface area (Å²) in [6.45, 7) is 3.63. The smallest absolute Gasteiger partial charge is 0.234 e. The summed E-state index contributed by atoms with van der Waals surface area (Å²) in [6.07, 6.45) is 5.19. The number of hydrogen-bond acceptors (Lipinski definition) is 4. The number of fused-ring (bicyclic) bond motifs is 1. The second kappa shape index (κ2) is 8.90. The Morgan fingerprint density at radius 2 is 1.97 bits per heavy atom. The Kier molecular flexibility index (Phi) is 5.64. The molecule has 5 rings (SSSR count). The second-order valence-corrected chi connectivity index (χ2v) is 8.28. The highest BCUT2D eigenvalue weighted by atomic mass is 19.1. The summed E-state index contributed by atoms with van der Waals surface area (Å²) in [5.41, 5.74) is 2.69. The standard InChI is InChI=1S/C25H24FN5O2/c1-16-14-27-23-22(16)24(29-15-28-23)31-11-9-17(10-12-31)25(32)30-19-3-2-4-21(13-19)33-20-7-5-18(26)6-8-20/h2-8,13-15,17H,9-12H2,1H3,(H,30,32)(H,27,28,29)/p+1. The molecule has 0 radical (unpaired) electrons. The van der Waals surface area contributed by atoms with Crippen molar-refractivity contribution in [2.75, 3.05) is 23.3 Å². The van der Waals surface area contributed by atoms with Crippen LogP contribution in [0, 0.1) is 18.7 Å². The van der Waals surface area contributed by atoms with Crippen molar-refractivity contribution >= 4 is 28.4 Å². The lowest BCUT2D eigenvalue weighted by molar-refractivity contribution is -0.367. The molecular weight excluding hydrogens is 421 g/mol. The third kappa shape index (κ3) is 4.50. The van der Waals surface area contributed by atoms with E-state index in [9.17, 15) is 9.18 Å². The van der Waals surface area contributed by atoms with E-state index in [0.29, 0.717) is 17.2 Å². The summed E-state index contributed by atoms with van der Waals surface area (Å²) < 4.78 is 18.9. The maximum Gasteiger partial charge on any atom is 0.234 e. The number of rotatable bonds is 5. The monoisotopic (exact) mass is 446 g/mol. The number of anilines is 2. The first kappa shape index (κ1) is 20.9. The summed E-state index contributed by atoms with van der Waals surface area (Å²) in [6, 6.07) is 13.1. The normalized spacial score (nSPS) is 14.4. The number of H-pyrrole nitrogens is 2. The largest absolute Gasteiger partial charge is 0.457 e. The number of nitrogens with one attached hydrogen (secondary N) is 3. The van der Waals surface area contributed by atoms with Gasteiger partial charge in [0.05, 0.1) is 13.1 Å². The Hall–Kier alpha value is -3.94. The molecule has 0 bridgehead atoms. The summed E-state index contributed by atoms with van der Waals surface area (Å²) in [5.74, 6) is 1.79. The predicted molar refractivity (Wildman–Crippen MR) is 124 cm³/mol. The summed E-state index contributed by atoms with van der Waals surface area (Å²) in [5, 5.41) is 4.11.